The Balaban J connectivity index is 1.24. The first-order valence-corrected chi connectivity index (χ1v) is 12.2. The van der Waals surface area contributed by atoms with Gasteiger partial charge in [-0.3, -0.25) is 4.79 Å². The number of likely N-dealkylation sites (tertiary alicyclic amines) is 1. The summed E-state index contributed by atoms with van der Waals surface area (Å²) in [5.74, 6) is 0.315. The zero-order chi connectivity index (χ0) is 24.0. The van der Waals surface area contributed by atoms with Crippen molar-refractivity contribution in [2.45, 2.75) is 43.8 Å². The number of fused-ring (bicyclic) bond motifs is 2. The summed E-state index contributed by atoms with van der Waals surface area (Å²) < 4.78 is 16.0. The fourth-order valence-electron chi connectivity index (χ4n) is 4.95. The number of pyridine rings is 1. The van der Waals surface area contributed by atoms with Crippen molar-refractivity contribution in [3.8, 4) is 11.1 Å². The molecule has 1 saturated heterocycles. The molecule has 6 rings (SSSR count). The molecule has 35 heavy (non-hydrogen) atoms. The highest BCUT2D eigenvalue weighted by molar-refractivity contribution is 6.02. The number of halogens is 1. The van der Waals surface area contributed by atoms with Crippen molar-refractivity contribution in [1.29, 1.82) is 0 Å². The number of carbonyl (C=O) groups excluding carboxylic acids is 1. The minimum atomic E-state index is -1.14. The summed E-state index contributed by atoms with van der Waals surface area (Å²) in [6.07, 6.45) is 11.1. The molecule has 9 nitrogen and oxygen atoms in total. The molecule has 182 valence electrons. The highest BCUT2D eigenvalue weighted by Gasteiger charge is 2.36. The second-order valence-electron chi connectivity index (χ2n) is 9.87. The number of H-pyrrole nitrogens is 1. The number of rotatable bonds is 6. The smallest absolute Gasteiger partial charge is 0.255 e. The molecule has 1 amide bonds. The van der Waals surface area contributed by atoms with Gasteiger partial charge in [-0.2, -0.15) is 10.1 Å². The molecule has 0 unspecified atom stereocenters. The maximum atomic E-state index is 14.3. The zero-order valence-corrected chi connectivity index (χ0v) is 19.7. The number of aromatic amines is 1. The van der Waals surface area contributed by atoms with Crippen LogP contribution in [0.3, 0.4) is 0 Å². The average Bonchev–Trinajstić information content (AvgIpc) is 3.46. The van der Waals surface area contributed by atoms with Gasteiger partial charge in [0.2, 0.25) is 5.95 Å². The quantitative estimate of drug-likeness (QED) is 0.394. The van der Waals surface area contributed by atoms with Crippen molar-refractivity contribution < 1.29 is 9.18 Å². The Kier molecular flexibility index (Phi) is 5.40. The molecule has 1 saturated carbocycles. The maximum absolute atomic E-state index is 14.3. The number of amides is 1. The van der Waals surface area contributed by atoms with E-state index in [1.54, 1.807) is 16.9 Å². The van der Waals surface area contributed by atoms with E-state index >= 15 is 0 Å². The molecule has 10 heteroatoms. The van der Waals surface area contributed by atoms with Gasteiger partial charge in [0, 0.05) is 35.6 Å². The Morgan fingerprint density at radius 3 is 2.89 bits per heavy atom. The Morgan fingerprint density at radius 2 is 2.11 bits per heavy atom. The van der Waals surface area contributed by atoms with Crippen LogP contribution < -0.4 is 10.6 Å². The minimum absolute atomic E-state index is 0.0956. The highest BCUT2D eigenvalue weighted by Crippen LogP contribution is 2.36. The molecular weight excluding hydrogens is 447 g/mol. The highest BCUT2D eigenvalue weighted by atomic mass is 19.1. The fourth-order valence-corrected chi connectivity index (χ4v) is 4.95. The average molecular weight is 477 g/mol. The number of aromatic nitrogens is 5. The lowest BCUT2D eigenvalue weighted by Gasteiger charge is -2.33. The monoisotopic (exact) mass is 476 g/mol. The Hall–Kier alpha value is -3.53. The SMILES string of the molecule is CN1CCC(NC(=O)c2cnn3ccc(-c4c[nH]c5nc(NCC6(F)CCC6)ncc45)cc23)CC1. The van der Waals surface area contributed by atoms with Crippen LogP contribution in [-0.2, 0) is 0 Å². The van der Waals surface area contributed by atoms with Crippen LogP contribution in [0.4, 0.5) is 10.3 Å². The van der Waals surface area contributed by atoms with E-state index in [0.29, 0.717) is 30.0 Å². The van der Waals surface area contributed by atoms with Crippen molar-refractivity contribution >= 4 is 28.4 Å². The normalized spacial score (nSPS) is 18.6. The molecule has 1 aliphatic heterocycles. The number of alkyl halides is 1. The van der Waals surface area contributed by atoms with E-state index in [0.717, 1.165) is 54.4 Å². The van der Waals surface area contributed by atoms with Gasteiger partial charge in [-0.05, 0) is 69.9 Å². The van der Waals surface area contributed by atoms with Gasteiger partial charge < -0.3 is 20.5 Å². The molecule has 0 atom stereocenters. The van der Waals surface area contributed by atoms with Crippen molar-refractivity contribution in [1.82, 2.24) is 34.8 Å². The molecule has 5 heterocycles. The number of piperidine rings is 1. The van der Waals surface area contributed by atoms with Gasteiger partial charge in [-0.25, -0.2) is 13.9 Å². The van der Waals surface area contributed by atoms with Crippen LogP contribution in [0.15, 0.2) is 36.9 Å². The van der Waals surface area contributed by atoms with Gasteiger partial charge in [0.1, 0.15) is 11.3 Å². The number of hydrogen-bond acceptors (Lipinski definition) is 6. The number of carbonyl (C=O) groups is 1. The molecule has 0 bridgehead atoms. The number of hydrogen-bond donors (Lipinski definition) is 3. The fraction of sp³-hybridized carbons (Fsp3) is 0.440. The predicted molar refractivity (Wildman–Crippen MR) is 132 cm³/mol. The lowest BCUT2D eigenvalue weighted by molar-refractivity contribution is 0.0782. The summed E-state index contributed by atoms with van der Waals surface area (Å²) in [5, 5.41) is 11.4. The largest absolute Gasteiger partial charge is 0.351 e. The third-order valence-corrected chi connectivity index (χ3v) is 7.38. The topological polar surface area (TPSA) is 103 Å². The van der Waals surface area contributed by atoms with Gasteiger partial charge >= 0.3 is 0 Å². The minimum Gasteiger partial charge on any atom is -0.351 e. The lowest BCUT2D eigenvalue weighted by atomic mass is 9.82. The summed E-state index contributed by atoms with van der Waals surface area (Å²) in [7, 11) is 2.10. The van der Waals surface area contributed by atoms with Gasteiger partial charge in [0.25, 0.3) is 5.91 Å². The Bertz CT molecular complexity index is 1380. The third-order valence-electron chi connectivity index (χ3n) is 7.38. The van der Waals surface area contributed by atoms with E-state index in [2.05, 4.69) is 42.6 Å². The summed E-state index contributed by atoms with van der Waals surface area (Å²) in [4.78, 5) is 27.4. The van der Waals surface area contributed by atoms with Crippen molar-refractivity contribution in [2.24, 2.45) is 0 Å². The molecule has 4 aromatic heterocycles. The first kappa shape index (κ1) is 22.0. The second-order valence-corrected chi connectivity index (χ2v) is 9.87. The van der Waals surface area contributed by atoms with Crippen molar-refractivity contribution in [2.75, 3.05) is 32.0 Å². The van der Waals surface area contributed by atoms with E-state index < -0.39 is 5.67 Å². The van der Waals surface area contributed by atoms with E-state index in [1.165, 1.54) is 0 Å². The van der Waals surface area contributed by atoms with E-state index in [-0.39, 0.29) is 18.5 Å². The standard InChI is InChI=1S/C25H29FN8O/c1-33-8-4-17(5-9-33)31-23(35)20-14-30-34-10-3-16(11-21(20)34)18-12-27-22-19(18)13-28-24(32-22)29-15-25(26)6-2-7-25/h3,10-14,17H,2,4-9,15H2,1H3,(H,31,35)(H2,27,28,29,32). The van der Waals surface area contributed by atoms with Crippen LogP contribution in [0.1, 0.15) is 42.5 Å². The van der Waals surface area contributed by atoms with E-state index in [1.807, 2.05) is 24.5 Å². The lowest BCUT2D eigenvalue weighted by Crippen LogP contribution is -2.43. The van der Waals surface area contributed by atoms with Gasteiger partial charge in [-0.15, -0.1) is 0 Å². The molecular formula is C25H29FN8O. The molecule has 3 N–H and O–H groups in total. The Morgan fingerprint density at radius 1 is 1.29 bits per heavy atom. The second kappa shape index (κ2) is 8.60. The van der Waals surface area contributed by atoms with Crippen LogP contribution in [0, 0.1) is 0 Å². The maximum Gasteiger partial charge on any atom is 0.255 e. The van der Waals surface area contributed by atoms with Crippen LogP contribution >= 0.6 is 0 Å². The first-order chi connectivity index (χ1) is 17.0. The molecule has 2 aliphatic rings. The van der Waals surface area contributed by atoms with Gasteiger partial charge in [-0.1, -0.05) is 0 Å². The van der Waals surface area contributed by atoms with E-state index in [4.69, 9.17) is 0 Å². The van der Waals surface area contributed by atoms with E-state index in [9.17, 15) is 9.18 Å². The summed E-state index contributed by atoms with van der Waals surface area (Å²) in [6.45, 7) is 2.20. The number of nitrogens with one attached hydrogen (secondary N) is 3. The number of nitrogens with zero attached hydrogens (tertiary/aromatic N) is 5. The molecule has 1 aliphatic carbocycles. The molecule has 0 aromatic carbocycles. The van der Waals surface area contributed by atoms with Crippen LogP contribution in [-0.4, -0.2) is 73.8 Å². The molecule has 0 spiro atoms. The number of anilines is 1. The van der Waals surface area contributed by atoms with Crippen LogP contribution in [0.2, 0.25) is 0 Å². The first-order valence-electron chi connectivity index (χ1n) is 12.2. The van der Waals surface area contributed by atoms with Gasteiger partial charge in [0.05, 0.1) is 23.8 Å². The Labute approximate surface area is 202 Å². The molecule has 2 fully saturated rings. The van der Waals surface area contributed by atoms with Crippen molar-refractivity contribution in [3.05, 3.63) is 42.5 Å². The van der Waals surface area contributed by atoms with Gasteiger partial charge in [0.15, 0.2) is 0 Å². The molecule has 4 aromatic rings. The predicted octanol–water partition coefficient (Wildman–Crippen LogP) is 3.40. The molecule has 0 radical (unpaired) electrons. The summed E-state index contributed by atoms with van der Waals surface area (Å²) in [5.41, 5.74) is 2.70. The van der Waals surface area contributed by atoms with Crippen LogP contribution in [0.25, 0.3) is 27.7 Å². The van der Waals surface area contributed by atoms with Crippen LogP contribution in [0.5, 0.6) is 0 Å². The summed E-state index contributed by atoms with van der Waals surface area (Å²) >= 11 is 0. The summed E-state index contributed by atoms with van der Waals surface area (Å²) in [6, 6.07) is 4.10. The third kappa shape index (κ3) is 4.22. The van der Waals surface area contributed by atoms with Crippen molar-refractivity contribution in [3.63, 3.8) is 0 Å². The zero-order valence-electron chi connectivity index (χ0n) is 19.7.